The van der Waals surface area contributed by atoms with Crippen LogP contribution in [0.2, 0.25) is 0 Å². The molecule has 1 aliphatic carbocycles. The van der Waals surface area contributed by atoms with E-state index in [0.717, 1.165) is 16.8 Å². The summed E-state index contributed by atoms with van der Waals surface area (Å²) in [6.45, 7) is 2.27. The Balaban J connectivity index is 1.55. The van der Waals surface area contributed by atoms with Crippen LogP contribution in [0.5, 0.6) is 0 Å². The molecule has 35 heavy (non-hydrogen) atoms. The largest absolute Gasteiger partial charge is 0.481 e. The number of carboxylic acid groups (broad SMARTS) is 1. The molecule has 8 heteroatoms. The smallest absolute Gasteiger partial charge is 0.307 e. The van der Waals surface area contributed by atoms with E-state index >= 15 is 0 Å². The van der Waals surface area contributed by atoms with Gasteiger partial charge in [0.2, 0.25) is 0 Å². The predicted molar refractivity (Wildman–Crippen MR) is 138 cm³/mol. The normalized spacial score (nSPS) is 13.4. The monoisotopic (exact) mass is 507 g/mol. The van der Waals surface area contributed by atoms with Crippen LogP contribution in [0.3, 0.4) is 0 Å². The molecule has 6 nitrogen and oxygen atoms in total. The third-order valence-corrected chi connectivity index (χ3v) is 6.03. The van der Waals surface area contributed by atoms with E-state index < -0.39 is 5.97 Å². The number of halogens is 2. The van der Waals surface area contributed by atoms with Gasteiger partial charge in [0.05, 0.1) is 24.4 Å². The van der Waals surface area contributed by atoms with Crippen molar-refractivity contribution in [3.05, 3.63) is 105 Å². The fourth-order valence-corrected chi connectivity index (χ4v) is 4.43. The first kappa shape index (κ1) is 24.5. The molecule has 0 aliphatic heterocycles. The molecule has 2 N–H and O–H groups in total. The Hall–Kier alpha value is -3.61. The SMILES string of the molecule is Cc1nn(Cc2ccc(NC(=O)C3=CC=C(Cl)CC(Cl)=C3)cc2)c(-c2ccccc2)c1CC(=O)O. The van der Waals surface area contributed by atoms with Gasteiger partial charge in [-0.1, -0.05) is 65.7 Å². The number of nitrogens with one attached hydrogen (secondary N) is 1. The molecule has 0 atom stereocenters. The minimum absolute atomic E-state index is 0.101. The number of nitrogens with zero attached hydrogens (tertiary/aromatic N) is 2. The van der Waals surface area contributed by atoms with Gasteiger partial charge >= 0.3 is 5.97 Å². The summed E-state index contributed by atoms with van der Waals surface area (Å²) < 4.78 is 1.83. The number of carbonyl (C=O) groups is 2. The van der Waals surface area contributed by atoms with Crippen LogP contribution in [0.15, 0.2) is 88.5 Å². The average molecular weight is 508 g/mol. The number of carboxylic acids is 1. The Morgan fingerprint density at radius 3 is 2.43 bits per heavy atom. The highest BCUT2D eigenvalue weighted by Crippen LogP contribution is 2.28. The highest BCUT2D eigenvalue weighted by molar-refractivity contribution is 6.34. The summed E-state index contributed by atoms with van der Waals surface area (Å²) in [6, 6.07) is 17.1. The molecule has 0 spiro atoms. The van der Waals surface area contributed by atoms with E-state index in [9.17, 15) is 14.7 Å². The molecule has 1 amide bonds. The highest BCUT2D eigenvalue weighted by atomic mass is 35.5. The molecule has 1 aliphatic rings. The summed E-state index contributed by atoms with van der Waals surface area (Å²) in [5, 5.41) is 18.0. The summed E-state index contributed by atoms with van der Waals surface area (Å²) >= 11 is 12.2. The minimum Gasteiger partial charge on any atom is -0.481 e. The maximum absolute atomic E-state index is 12.7. The van der Waals surface area contributed by atoms with E-state index in [2.05, 4.69) is 10.4 Å². The number of hydrogen-bond acceptors (Lipinski definition) is 3. The van der Waals surface area contributed by atoms with Crippen molar-refractivity contribution >= 4 is 40.8 Å². The van der Waals surface area contributed by atoms with Crippen molar-refractivity contribution in [3.8, 4) is 11.3 Å². The second-order valence-electron chi connectivity index (χ2n) is 8.16. The van der Waals surface area contributed by atoms with Gasteiger partial charge < -0.3 is 10.4 Å². The summed E-state index contributed by atoms with van der Waals surface area (Å²) in [5.41, 5.74) is 5.09. The molecule has 178 valence electrons. The summed E-state index contributed by atoms with van der Waals surface area (Å²) in [4.78, 5) is 24.1. The van der Waals surface area contributed by atoms with Crippen LogP contribution < -0.4 is 5.32 Å². The predicted octanol–water partition coefficient (Wildman–Crippen LogP) is 6.05. The van der Waals surface area contributed by atoms with Gasteiger partial charge in [-0.2, -0.15) is 5.10 Å². The van der Waals surface area contributed by atoms with E-state index in [0.29, 0.717) is 45.5 Å². The standard InChI is InChI=1S/C27H23Cl2N3O3/c1-17-24(15-25(33)34)26(19-5-3-2-4-6-19)32(31-17)16-18-7-11-23(12-8-18)30-27(35)20-9-10-21(28)14-22(29)13-20/h2-13H,14-16H2,1H3,(H,30,35)(H,33,34). The zero-order chi connectivity index (χ0) is 24.9. The number of benzene rings is 2. The average Bonchev–Trinajstić information content (AvgIpc) is 2.99. The van der Waals surface area contributed by atoms with Crippen LogP contribution in [-0.2, 0) is 22.6 Å². The molecule has 0 saturated carbocycles. The number of aromatic nitrogens is 2. The summed E-state index contributed by atoms with van der Waals surface area (Å²) in [7, 11) is 0. The van der Waals surface area contributed by atoms with E-state index in [4.69, 9.17) is 23.2 Å². The zero-order valence-corrected chi connectivity index (χ0v) is 20.5. The van der Waals surface area contributed by atoms with Crippen molar-refractivity contribution in [3.63, 3.8) is 0 Å². The van der Waals surface area contributed by atoms with Crippen molar-refractivity contribution in [2.75, 3.05) is 5.32 Å². The maximum Gasteiger partial charge on any atom is 0.307 e. The molecule has 0 unspecified atom stereocenters. The lowest BCUT2D eigenvalue weighted by Gasteiger charge is -2.11. The third-order valence-electron chi connectivity index (χ3n) is 5.53. The number of amides is 1. The lowest BCUT2D eigenvalue weighted by molar-refractivity contribution is -0.136. The number of carbonyl (C=O) groups excluding carboxylic acids is 1. The Morgan fingerprint density at radius 2 is 1.74 bits per heavy atom. The number of aryl methyl sites for hydroxylation is 1. The molecule has 0 bridgehead atoms. The van der Waals surface area contributed by atoms with Crippen LogP contribution >= 0.6 is 23.2 Å². The van der Waals surface area contributed by atoms with Crippen LogP contribution in [0.4, 0.5) is 5.69 Å². The molecule has 4 rings (SSSR count). The lowest BCUT2D eigenvalue weighted by Crippen LogP contribution is -2.13. The number of aliphatic carboxylic acids is 1. The fraction of sp³-hybridized carbons (Fsp3) is 0.148. The van der Waals surface area contributed by atoms with Gasteiger partial charge in [0.1, 0.15) is 0 Å². The quantitative estimate of drug-likeness (QED) is 0.407. The van der Waals surface area contributed by atoms with Gasteiger partial charge in [-0.3, -0.25) is 14.3 Å². The number of allylic oxidation sites excluding steroid dienone is 4. The van der Waals surface area contributed by atoms with Crippen molar-refractivity contribution < 1.29 is 14.7 Å². The van der Waals surface area contributed by atoms with Crippen LogP contribution in [0.1, 0.15) is 23.2 Å². The maximum atomic E-state index is 12.7. The molecule has 0 fully saturated rings. The topological polar surface area (TPSA) is 84.2 Å². The first-order valence-electron chi connectivity index (χ1n) is 11.0. The number of anilines is 1. The molecule has 3 aromatic rings. The molecular weight excluding hydrogens is 485 g/mol. The van der Waals surface area contributed by atoms with E-state index in [-0.39, 0.29) is 12.3 Å². The van der Waals surface area contributed by atoms with Gasteiger partial charge in [0.25, 0.3) is 5.91 Å². The van der Waals surface area contributed by atoms with Gasteiger partial charge in [0.15, 0.2) is 0 Å². The first-order chi connectivity index (χ1) is 16.8. The number of rotatable bonds is 7. The van der Waals surface area contributed by atoms with E-state index in [1.54, 1.807) is 18.2 Å². The molecule has 0 radical (unpaired) electrons. The molecular formula is C27H23Cl2N3O3. The van der Waals surface area contributed by atoms with Gasteiger partial charge in [0, 0.05) is 38.9 Å². The van der Waals surface area contributed by atoms with Crippen molar-refractivity contribution in [2.24, 2.45) is 0 Å². The Kier molecular flexibility index (Phi) is 7.54. The minimum atomic E-state index is -0.900. The van der Waals surface area contributed by atoms with Gasteiger partial charge in [-0.25, -0.2) is 0 Å². The van der Waals surface area contributed by atoms with Crippen molar-refractivity contribution in [2.45, 2.75) is 26.3 Å². The molecule has 1 heterocycles. The van der Waals surface area contributed by atoms with Crippen LogP contribution in [0, 0.1) is 6.92 Å². The van der Waals surface area contributed by atoms with Crippen LogP contribution in [0.25, 0.3) is 11.3 Å². The molecule has 2 aromatic carbocycles. The molecule has 0 saturated heterocycles. The number of hydrogen-bond donors (Lipinski definition) is 2. The van der Waals surface area contributed by atoms with Gasteiger partial charge in [-0.15, -0.1) is 0 Å². The summed E-state index contributed by atoms with van der Waals surface area (Å²) in [5.74, 6) is -1.19. The highest BCUT2D eigenvalue weighted by Gasteiger charge is 2.19. The second kappa shape index (κ2) is 10.8. The molecule has 1 aromatic heterocycles. The van der Waals surface area contributed by atoms with E-state index in [1.165, 1.54) is 0 Å². The summed E-state index contributed by atoms with van der Waals surface area (Å²) in [6.07, 6.45) is 5.21. The van der Waals surface area contributed by atoms with Crippen LogP contribution in [-0.4, -0.2) is 26.8 Å². The zero-order valence-electron chi connectivity index (χ0n) is 19.0. The fourth-order valence-electron chi connectivity index (χ4n) is 3.89. The van der Waals surface area contributed by atoms with Crippen molar-refractivity contribution in [1.82, 2.24) is 9.78 Å². The lowest BCUT2D eigenvalue weighted by atomic mass is 10.0. The van der Waals surface area contributed by atoms with Gasteiger partial charge in [-0.05, 0) is 42.8 Å². The van der Waals surface area contributed by atoms with E-state index in [1.807, 2.05) is 66.2 Å². The third kappa shape index (κ3) is 6.10. The van der Waals surface area contributed by atoms with Crippen molar-refractivity contribution in [1.29, 1.82) is 0 Å². The second-order valence-corrected chi connectivity index (χ2v) is 9.13. The Bertz CT molecular complexity index is 1350. The Labute approximate surface area is 213 Å². The first-order valence-corrected chi connectivity index (χ1v) is 11.7. The Morgan fingerprint density at radius 1 is 1.03 bits per heavy atom.